The highest BCUT2D eigenvalue weighted by atomic mass is 19.1. The Labute approximate surface area is 227 Å². The zero-order chi connectivity index (χ0) is 27.0. The maximum absolute atomic E-state index is 14.1. The van der Waals surface area contributed by atoms with Gasteiger partial charge in [-0.25, -0.2) is 4.39 Å². The number of fused-ring (bicyclic) bond motifs is 1. The summed E-state index contributed by atoms with van der Waals surface area (Å²) in [5.74, 6) is -0.0731. The number of hydrogen-bond donors (Lipinski definition) is 1. The Hall–Kier alpha value is -4.65. The van der Waals surface area contributed by atoms with Crippen LogP contribution >= 0.6 is 0 Å². The summed E-state index contributed by atoms with van der Waals surface area (Å²) in [5, 5.41) is 3.00. The van der Waals surface area contributed by atoms with Gasteiger partial charge >= 0.3 is 0 Å². The van der Waals surface area contributed by atoms with Crippen molar-refractivity contribution in [3.05, 3.63) is 131 Å². The van der Waals surface area contributed by atoms with Crippen molar-refractivity contribution in [1.29, 1.82) is 0 Å². The number of amides is 2. The SMILES string of the molecule is O=C(NCCc1ccccc1)[C@H](c1ccc(F)cc1)N(Cc1ccccc1)C(=O)c1ccc2c(c1)OCCO2. The van der Waals surface area contributed by atoms with Gasteiger partial charge in [0.25, 0.3) is 5.91 Å². The monoisotopic (exact) mass is 524 g/mol. The molecule has 0 aliphatic carbocycles. The second kappa shape index (κ2) is 12.3. The number of carbonyl (C=O) groups is 2. The van der Waals surface area contributed by atoms with E-state index in [9.17, 15) is 14.0 Å². The average Bonchev–Trinajstić information content (AvgIpc) is 2.98. The maximum atomic E-state index is 14.1. The molecule has 0 spiro atoms. The number of halogens is 1. The van der Waals surface area contributed by atoms with Gasteiger partial charge in [0.15, 0.2) is 11.5 Å². The molecule has 0 fully saturated rings. The number of nitrogens with one attached hydrogen (secondary N) is 1. The molecule has 7 heteroatoms. The van der Waals surface area contributed by atoms with Crippen molar-refractivity contribution in [3.8, 4) is 11.5 Å². The third-order valence-electron chi connectivity index (χ3n) is 6.55. The number of hydrogen-bond acceptors (Lipinski definition) is 4. The molecule has 0 saturated carbocycles. The molecule has 2 amide bonds. The van der Waals surface area contributed by atoms with E-state index >= 15 is 0 Å². The summed E-state index contributed by atoms with van der Waals surface area (Å²) in [4.78, 5) is 29.4. The van der Waals surface area contributed by atoms with E-state index in [0.717, 1.165) is 11.1 Å². The van der Waals surface area contributed by atoms with Crippen LogP contribution in [0.3, 0.4) is 0 Å². The van der Waals surface area contributed by atoms with Gasteiger partial charge in [-0.15, -0.1) is 0 Å². The molecule has 0 saturated heterocycles. The lowest BCUT2D eigenvalue weighted by molar-refractivity contribution is -0.126. The summed E-state index contributed by atoms with van der Waals surface area (Å²) in [5.41, 5.74) is 2.81. The Morgan fingerprint density at radius 1 is 0.795 bits per heavy atom. The molecule has 1 N–H and O–H groups in total. The summed E-state index contributed by atoms with van der Waals surface area (Å²) in [6.45, 7) is 1.39. The number of rotatable bonds is 9. The Bertz CT molecular complexity index is 1410. The maximum Gasteiger partial charge on any atom is 0.255 e. The van der Waals surface area contributed by atoms with E-state index in [1.54, 1.807) is 30.3 Å². The smallest absolute Gasteiger partial charge is 0.255 e. The summed E-state index contributed by atoms with van der Waals surface area (Å²) in [6, 6.07) is 29.0. The lowest BCUT2D eigenvalue weighted by Crippen LogP contribution is -2.44. The standard InChI is InChI=1S/C32H29FN2O4/c33-27-14-11-25(12-15-27)30(31(36)34-18-17-23-7-3-1-4-8-23)35(22-24-9-5-2-6-10-24)32(37)26-13-16-28-29(21-26)39-20-19-38-28/h1-16,21,30H,17-20,22H2,(H,34,36)/t30-/m0/s1. The molecule has 0 unspecified atom stereocenters. The lowest BCUT2D eigenvalue weighted by atomic mass is 10.0. The van der Waals surface area contributed by atoms with Gasteiger partial charge in [-0.3, -0.25) is 9.59 Å². The fraction of sp³-hybridized carbons (Fsp3) is 0.188. The molecule has 1 heterocycles. The van der Waals surface area contributed by atoms with E-state index in [1.165, 1.54) is 17.0 Å². The van der Waals surface area contributed by atoms with Crippen molar-refractivity contribution >= 4 is 11.8 Å². The highest BCUT2D eigenvalue weighted by Gasteiger charge is 2.33. The molecule has 1 aliphatic heterocycles. The Balaban J connectivity index is 1.48. The van der Waals surface area contributed by atoms with Crippen molar-refractivity contribution in [2.24, 2.45) is 0 Å². The Kier molecular flexibility index (Phi) is 8.17. The first-order valence-electron chi connectivity index (χ1n) is 12.9. The molecule has 1 atom stereocenters. The highest BCUT2D eigenvalue weighted by Crippen LogP contribution is 2.33. The van der Waals surface area contributed by atoms with Gasteiger partial charge in [0.2, 0.25) is 5.91 Å². The Morgan fingerprint density at radius 2 is 1.44 bits per heavy atom. The van der Waals surface area contributed by atoms with Gasteiger partial charge < -0.3 is 19.7 Å². The number of nitrogens with zero attached hydrogens (tertiary/aromatic N) is 1. The van der Waals surface area contributed by atoms with Crippen molar-refractivity contribution in [1.82, 2.24) is 10.2 Å². The van der Waals surface area contributed by atoms with Crippen molar-refractivity contribution in [2.45, 2.75) is 19.0 Å². The molecule has 4 aromatic rings. The van der Waals surface area contributed by atoms with Gasteiger partial charge in [0.1, 0.15) is 25.1 Å². The van der Waals surface area contributed by atoms with Crippen LogP contribution in [0.1, 0.15) is 33.1 Å². The van der Waals surface area contributed by atoms with Gasteiger partial charge in [-0.1, -0.05) is 72.8 Å². The minimum Gasteiger partial charge on any atom is -0.486 e. The van der Waals surface area contributed by atoms with Crippen LogP contribution in [0.25, 0.3) is 0 Å². The first kappa shape index (κ1) is 26.0. The zero-order valence-corrected chi connectivity index (χ0v) is 21.4. The normalized spacial score (nSPS) is 12.8. The van der Waals surface area contributed by atoms with E-state index in [-0.39, 0.29) is 18.4 Å². The van der Waals surface area contributed by atoms with Crippen molar-refractivity contribution < 1.29 is 23.5 Å². The van der Waals surface area contributed by atoms with Gasteiger partial charge in [-0.05, 0) is 53.4 Å². The van der Waals surface area contributed by atoms with Crippen LogP contribution in [-0.2, 0) is 17.8 Å². The quantitative estimate of drug-likeness (QED) is 0.321. The number of benzene rings is 4. The molecule has 4 aromatic carbocycles. The van der Waals surface area contributed by atoms with Crippen LogP contribution in [0.4, 0.5) is 4.39 Å². The van der Waals surface area contributed by atoms with Gasteiger partial charge in [0, 0.05) is 18.7 Å². The first-order chi connectivity index (χ1) is 19.1. The molecule has 5 rings (SSSR count). The first-order valence-corrected chi connectivity index (χ1v) is 12.9. The van der Waals surface area contributed by atoms with Crippen LogP contribution in [-0.4, -0.2) is 36.5 Å². The predicted octanol–water partition coefficient (Wildman–Crippen LogP) is 5.34. The van der Waals surface area contributed by atoms with E-state index in [2.05, 4.69) is 5.32 Å². The Morgan fingerprint density at radius 3 is 2.13 bits per heavy atom. The molecule has 0 bridgehead atoms. The lowest BCUT2D eigenvalue weighted by Gasteiger charge is -2.32. The average molecular weight is 525 g/mol. The topological polar surface area (TPSA) is 67.9 Å². The third kappa shape index (κ3) is 6.44. The predicted molar refractivity (Wildman–Crippen MR) is 146 cm³/mol. The number of carbonyl (C=O) groups excluding carboxylic acids is 2. The molecular weight excluding hydrogens is 495 g/mol. The van der Waals surface area contributed by atoms with E-state index < -0.39 is 11.9 Å². The van der Waals surface area contributed by atoms with Crippen LogP contribution in [0.5, 0.6) is 11.5 Å². The summed E-state index contributed by atoms with van der Waals surface area (Å²) < 4.78 is 25.2. The fourth-order valence-electron chi connectivity index (χ4n) is 4.59. The molecule has 198 valence electrons. The molecule has 39 heavy (non-hydrogen) atoms. The van der Waals surface area contributed by atoms with E-state index in [1.807, 2.05) is 60.7 Å². The highest BCUT2D eigenvalue weighted by molar-refractivity contribution is 5.98. The fourth-order valence-corrected chi connectivity index (χ4v) is 4.59. The summed E-state index contributed by atoms with van der Waals surface area (Å²) in [6.07, 6.45) is 0.636. The van der Waals surface area contributed by atoms with Crippen LogP contribution < -0.4 is 14.8 Å². The number of ether oxygens (including phenoxy) is 2. The van der Waals surface area contributed by atoms with Gasteiger partial charge in [-0.2, -0.15) is 0 Å². The minimum absolute atomic E-state index is 0.169. The summed E-state index contributed by atoms with van der Waals surface area (Å²) in [7, 11) is 0. The van der Waals surface area contributed by atoms with Crippen LogP contribution in [0, 0.1) is 5.82 Å². The molecule has 1 aliphatic rings. The van der Waals surface area contributed by atoms with Crippen LogP contribution in [0.2, 0.25) is 0 Å². The second-order valence-electron chi connectivity index (χ2n) is 9.26. The third-order valence-corrected chi connectivity index (χ3v) is 6.55. The van der Waals surface area contributed by atoms with Gasteiger partial charge in [0.05, 0.1) is 0 Å². The molecular formula is C32H29FN2O4. The molecule has 6 nitrogen and oxygen atoms in total. The second-order valence-corrected chi connectivity index (χ2v) is 9.26. The van der Waals surface area contributed by atoms with Crippen molar-refractivity contribution in [3.63, 3.8) is 0 Å². The zero-order valence-electron chi connectivity index (χ0n) is 21.4. The van der Waals surface area contributed by atoms with Crippen LogP contribution in [0.15, 0.2) is 103 Å². The van der Waals surface area contributed by atoms with Crippen molar-refractivity contribution in [2.75, 3.05) is 19.8 Å². The molecule has 0 aromatic heterocycles. The molecule has 0 radical (unpaired) electrons. The largest absolute Gasteiger partial charge is 0.486 e. The van der Waals surface area contributed by atoms with E-state index in [0.29, 0.717) is 48.8 Å². The minimum atomic E-state index is -0.998. The van der Waals surface area contributed by atoms with E-state index in [4.69, 9.17) is 9.47 Å². The summed E-state index contributed by atoms with van der Waals surface area (Å²) >= 11 is 0.